The molecule has 2 aromatic rings. The van der Waals surface area contributed by atoms with Crippen molar-refractivity contribution in [3.63, 3.8) is 0 Å². The number of nitrogens with one attached hydrogen (secondary N) is 1. The Labute approximate surface area is 158 Å². The van der Waals surface area contributed by atoms with Gasteiger partial charge in [0, 0.05) is 0 Å². The zero-order valence-corrected chi connectivity index (χ0v) is 15.9. The van der Waals surface area contributed by atoms with Crippen LogP contribution in [0.4, 0.5) is 5.69 Å². The van der Waals surface area contributed by atoms with E-state index in [-0.39, 0.29) is 28.5 Å². The maximum Gasteiger partial charge on any atom is 0.266 e. The minimum absolute atomic E-state index is 0.0960. The number of hydrazine groups is 1. The van der Waals surface area contributed by atoms with E-state index in [0.29, 0.717) is 5.69 Å². The Kier molecular flexibility index (Phi) is 4.85. The van der Waals surface area contributed by atoms with Crippen LogP contribution in [0.3, 0.4) is 0 Å². The molecule has 6 heteroatoms. The number of anilines is 1. The van der Waals surface area contributed by atoms with Gasteiger partial charge < -0.3 is 0 Å². The van der Waals surface area contributed by atoms with Crippen molar-refractivity contribution in [3.05, 3.63) is 64.2 Å². The van der Waals surface area contributed by atoms with Crippen LogP contribution >= 0.6 is 0 Å². The van der Waals surface area contributed by atoms with E-state index in [1.807, 2.05) is 51.3 Å². The summed E-state index contributed by atoms with van der Waals surface area (Å²) in [7, 11) is 0. The SMILES string of the molecule is CC(C)c1cccc(C(C)C)c1N1C(=O)c2cccc(C(=O)NN)c2C1=O. The Morgan fingerprint density at radius 2 is 1.48 bits per heavy atom. The van der Waals surface area contributed by atoms with Gasteiger partial charge in [-0.2, -0.15) is 0 Å². The third kappa shape index (κ3) is 2.92. The fourth-order valence-corrected chi connectivity index (χ4v) is 3.53. The zero-order valence-electron chi connectivity index (χ0n) is 15.9. The molecule has 2 aromatic carbocycles. The van der Waals surface area contributed by atoms with Gasteiger partial charge >= 0.3 is 0 Å². The van der Waals surface area contributed by atoms with E-state index in [4.69, 9.17) is 5.84 Å². The van der Waals surface area contributed by atoms with E-state index >= 15 is 0 Å². The van der Waals surface area contributed by atoms with Gasteiger partial charge in [-0.25, -0.2) is 10.7 Å². The molecule has 3 N–H and O–H groups in total. The van der Waals surface area contributed by atoms with Gasteiger partial charge in [0.15, 0.2) is 0 Å². The first-order valence-corrected chi connectivity index (χ1v) is 8.95. The highest BCUT2D eigenvalue weighted by molar-refractivity contribution is 6.36. The van der Waals surface area contributed by atoms with Crippen LogP contribution in [0.5, 0.6) is 0 Å². The highest BCUT2D eigenvalue weighted by atomic mass is 16.2. The number of carbonyl (C=O) groups excluding carboxylic acids is 3. The minimum atomic E-state index is -0.601. The van der Waals surface area contributed by atoms with Gasteiger partial charge in [0.2, 0.25) is 0 Å². The second kappa shape index (κ2) is 6.96. The molecule has 1 aliphatic heterocycles. The Morgan fingerprint density at radius 3 is 2.00 bits per heavy atom. The number of nitrogens with zero attached hydrogens (tertiary/aromatic N) is 1. The van der Waals surface area contributed by atoms with Gasteiger partial charge in [0.25, 0.3) is 17.7 Å². The summed E-state index contributed by atoms with van der Waals surface area (Å²) in [5.41, 5.74) is 4.91. The average molecular weight is 365 g/mol. The topological polar surface area (TPSA) is 92.5 Å². The third-order valence-corrected chi connectivity index (χ3v) is 4.86. The number of hydrogen-bond acceptors (Lipinski definition) is 4. The molecule has 27 heavy (non-hydrogen) atoms. The number of imide groups is 1. The summed E-state index contributed by atoms with van der Waals surface area (Å²) >= 11 is 0. The first-order chi connectivity index (χ1) is 12.8. The van der Waals surface area contributed by atoms with Crippen molar-refractivity contribution in [2.45, 2.75) is 39.5 Å². The molecule has 0 atom stereocenters. The van der Waals surface area contributed by atoms with E-state index < -0.39 is 17.7 Å². The number of para-hydroxylation sites is 1. The van der Waals surface area contributed by atoms with Crippen molar-refractivity contribution in [1.29, 1.82) is 0 Å². The van der Waals surface area contributed by atoms with Crippen LogP contribution in [0.25, 0.3) is 0 Å². The first-order valence-electron chi connectivity index (χ1n) is 8.95. The van der Waals surface area contributed by atoms with Crippen LogP contribution in [0.1, 0.15) is 81.7 Å². The number of amides is 3. The van der Waals surface area contributed by atoms with Crippen LogP contribution in [0.2, 0.25) is 0 Å². The summed E-state index contributed by atoms with van der Waals surface area (Å²) in [4.78, 5) is 39.8. The van der Waals surface area contributed by atoms with E-state index in [9.17, 15) is 14.4 Å². The number of nitrogens with two attached hydrogens (primary N) is 1. The number of rotatable bonds is 4. The molecular formula is C21H23N3O3. The van der Waals surface area contributed by atoms with E-state index in [1.54, 1.807) is 12.1 Å². The fraction of sp³-hybridized carbons (Fsp3) is 0.286. The number of nitrogen functional groups attached to an aromatic ring is 1. The first kappa shape index (κ1) is 18.8. The third-order valence-electron chi connectivity index (χ3n) is 4.86. The molecule has 3 rings (SSSR count). The van der Waals surface area contributed by atoms with Crippen LogP contribution in [-0.4, -0.2) is 17.7 Å². The highest BCUT2D eigenvalue weighted by Crippen LogP contribution is 2.40. The highest BCUT2D eigenvalue weighted by Gasteiger charge is 2.41. The second-order valence-corrected chi connectivity index (χ2v) is 7.24. The largest absolute Gasteiger partial charge is 0.290 e. The molecular weight excluding hydrogens is 342 g/mol. The molecule has 0 fully saturated rings. The molecule has 0 bridgehead atoms. The summed E-state index contributed by atoms with van der Waals surface area (Å²) < 4.78 is 0. The average Bonchev–Trinajstić information content (AvgIpc) is 2.90. The summed E-state index contributed by atoms with van der Waals surface area (Å²) in [6, 6.07) is 10.4. The van der Waals surface area contributed by atoms with Crippen molar-refractivity contribution < 1.29 is 14.4 Å². The Bertz CT molecular complexity index is 921. The number of carbonyl (C=O) groups is 3. The number of fused-ring (bicyclic) bond motifs is 1. The van der Waals surface area contributed by atoms with Gasteiger partial charge in [0.1, 0.15) is 0 Å². The maximum atomic E-state index is 13.3. The van der Waals surface area contributed by atoms with Gasteiger partial charge in [-0.1, -0.05) is 52.0 Å². The molecule has 0 aliphatic carbocycles. The maximum absolute atomic E-state index is 13.3. The predicted molar refractivity (Wildman–Crippen MR) is 104 cm³/mol. The Morgan fingerprint density at radius 1 is 0.926 bits per heavy atom. The molecule has 3 amide bonds. The molecule has 0 saturated heterocycles. The molecule has 0 aromatic heterocycles. The monoisotopic (exact) mass is 365 g/mol. The van der Waals surface area contributed by atoms with Crippen molar-refractivity contribution in [2.75, 3.05) is 4.90 Å². The lowest BCUT2D eigenvalue weighted by Crippen LogP contribution is -2.33. The normalized spacial score (nSPS) is 13.5. The molecule has 0 saturated carbocycles. The predicted octanol–water partition coefficient (Wildman–Crippen LogP) is 3.34. The lowest BCUT2D eigenvalue weighted by atomic mass is 9.92. The molecule has 1 aliphatic rings. The smallest absolute Gasteiger partial charge is 0.266 e. The molecule has 0 spiro atoms. The molecule has 140 valence electrons. The van der Waals surface area contributed by atoms with Crippen LogP contribution < -0.4 is 16.2 Å². The summed E-state index contributed by atoms with van der Waals surface area (Å²) in [5, 5.41) is 0. The number of benzene rings is 2. The van der Waals surface area contributed by atoms with Gasteiger partial charge in [-0.15, -0.1) is 0 Å². The van der Waals surface area contributed by atoms with E-state index in [1.165, 1.54) is 11.0 Å². The van der Waals surface area contributed by atoms with Crippen LogP contribution in [0, 0.1) is 0 Å². The van der Waals surface area contributed by atoms with E-state index in [0.717, 1.165) is 11.1 Å². The van der Waals surface area contributed by atoms with Crippen molar-refractivity contribution >= 4 is 23.4 Å². The zero-order chi connectivity index (χ0) is 19.9. The molecule has 6 nitrogen and oxygen atoms in total. The summed E-state index contributed by atoms with van der Waals surface area (Å²) in [6.07, 6.45) is 0. The number of hydrogen-bond donors (Lipinski definition) is 2. The van der Waals surface area contributed by atoms with Crippen molar-refractivity contribution in [1.82, 2.24) is 5.43 Å². The standard InChI is InChI=1S/C21H23N3O3/c1-11(2)13-7-5-8-14(12(3)4)18(13)24-20(26)16-10-6-9-15(19(25)23-22)17(16)21(24)27/h5-12H,22H2,1-4H3,(H,23,25). The van der Waals surface area contributed by atoms with Crippen molar-refractivity contribution in [2.24, 2.45) is 5.84 Å². The Hall–Kier alpha value is -2.99. The fourth-order valence-electron chi connectivity index (χ4n) is 3.53. The lowest BCUT2D eigenvalue weighted by Gasteiger charge is -2.25. The van der Waals surface area contributed by atoms with Crippen LogP contribution in [0.15, 0.2) is 36.4 Å². The summed E-state index contributed by atoms with van der Waals surface area (Å²) in [5.74, 6) is 3.97. The minimum Gasteiger partial charge on any atom is -0.290 e. The second-order valence-electron chi connectivity index (χ2n) is 7.24. The van der Waals surface area contributed by atoms with Gasteiger partial charge in [-0.05, 0) is 35.1 Å². The molecule has 0 radical (unpaired) electrons. The van der Waals surface area contributed by atoms with E-state index in [2.05, 4.69) is 0 Å². The quantitative estimate of drug-likeness (QED) is 0.376. The van der Waals surface area contributed by atoms with Gasteiger partial charge in [-0.3, -0.25) is 19.8 Å². The van der Waals surface area contributed by atoms with Crippen LogP contribution in [-0.2, 0) is 0 Å². The molecule has 1 heterocycles. The molecule has 0 unspecified atom stereocenters. The Balaban J connectivity index is 2.26. The lowest BCUT2D eigenvalue weighted by molar-refractivity contribution is 0.0910. The van der Waals surface area contributed by atoms with Crippen molar-refractivity contribution in [3.8, 4) is 0 Å². The van der Waals surface area contributed by atoms with Gasteiger partial charge in [0.05, 0.1) is 22.4 Å². The summed E-state index contributed by atoms with van der Waals surface area (Å²) in [6.45, 7) is 8.09.